The number of imide groups is 1. The summed E-state index contributed by atoms with van der Waals surface area (Å²) in [7, 11) is 0. The fourth-order valence-corrected chi connectivity index (χ4v) is 0.818. The minimum absolute atomic E-state index is 0.775. The Morgan fingerprint density at radius 2 is 1.91 bits per heavy atom. The Labute approximate surface area is 59.6 Å². The molecule has 6 heteroatoms. The predicted octanol–water partition coefficient (Wildman–Crippen LogP) is 0.211. The molecule has 2 amide bonds. The van der Waals surface area contributed by atoms with Gasteiger partial charge in [-0.05, 0) is 0 Å². The summed E-state index contributed by atoms with van der Waals surface area (Å²) in [6.07, 6.45) is -5.38. The molecule has 11 heavy (non-hydrogen) atoms. The van der Waals surface area contributed by atoms with Crippen LogP contribution in [0.25, 0.3) is 0 Å². The van der Waals surface area contributed by atoms with Crippen molar-refractivity contribution in [3.05, 3.63) is 0 Å². The molecule has 0 radical (unpaired) electrons. The molecule has 0 spiro atoms. The first-order valence-corrected chi connectivity index (χ1v) is 2.81. The van der Waals surface area contributed by atoms with Crippen LogP contribution in [0.1, 0.15) is 6.42 Å². The fraction of sp³-hybridized carbons (Fsp3) is 0.600. The Kier molecular flexibility index (Phi) is 1.62. The van der Waals surface area contributed by atoms with Gasteiger partial charge in [-0.1, -0.05) is 0 Å². The molecule has 0 aromatic heterocycles. The molecule has 3 nitrogen and oxygen atoms in total. The van der Waals surface area contributed by atoms with Crippen molar-refractivity contribution >= 4 is 11.8 Å². The van der Waals surface area contributed by atoms with Gasteiger partial charge in [-0.15, -0.1) is 0 Å². The number of hydrogen-bond acceptors (Lipinski definition) is 2. The van der Waals surface area contributed by atoms with Gasteiger partial charge < -0.3 is 0 Å². The normalized spacial score (nSPS) is 25.5. The van der Waals surface area contributed by atoms with E-state index in [2.05, 4.69) is 0 Å². The molecule has 0 bridgehead atoms. The molecule has 0 unspecified atom stereocenters. The summed E-state index contributed by atoms with van der Waals surface area (Å²) < 4.78 is 35.3. The van der Waals surface area contributed by atoms with E-state index in [9.17, 15) is 22.8 Å². The van der Waals surface area contributed by atoms with E-state index in [0.29, 0.717) is 0 Å². The van der Waals surface area contributed by atoms with Crippen LogP contribution in [0.3, 0.4) is 0 Å². The Balaban J connectivity index is 2.76. The zero-order valence-electron chi connectivity index (χ0n) is 5.23. The minimum Gasteiger partial charge on any atom is -0.296 e. The number of amides is 2. The van der Waals surface area contributed by atoms with Crippen LogP contribution in [0.5, 0.6) is 0 Å². The minimum atomic E-state index is -4.60. The average molecular weight is 167 g/mol. The third-order valence-electron chi connectivity index (χ3n) is 1.36. The Hall–Kier alpha value is -1.07. The van der Waals surface area contributed by atoms with Gasteiger partial charge in [0.15, 0.2) is 0 Å². The second-order valence-electron chi connectivity index (χ2n) is 2.21. The monoisotopic (exact) mass is 167 g/mol. The van der Waals surface area contributed by atoms with Crippen LogP contribution in [-0.4, -0.2) is 18.0 Å². The average Bonchev–Trinajstić information content (AvgIpc) is 2.08. The molecule has 0 aromatic rings. The molecule has 0 saturated carbocycles. The molecule has 1 N–H and O–H groups in total. The maximum absolute atomic E-state index is 11.8. The molecule has 1 aliphatic heterocycles. The molecular weight excluding hydrogens is 163 g/mol. The molecule has 1 saturated heterocycles. The molecule has 0 aromatic carbocycles. The summed E-state index contributed by atoms with van der Waals surface area (Å²) in [6, 6.07) is 0. The van der Waals surface area contributed by atoms with E-state index in [0.717, 1.165) is 0 Å². The van der Waals surface area contributed by atoms with Crippen molar-refractivity contribution in [2.75, 3.05) is 0 Å². The lowest BCUT2D eigenvalue weighted by atomic mass is 10.1. The van der Waals surface area contributed by atoms with Gasteiger partial charge in [0.2, 0.25) is 11.8 Å². The lowest BCUT2D eigenvalue weighted by molar-refractivity contribution is -0.178. The third-order valence-corrected chi connectivity index (χ3v) is 1.36. The third kappa shape index (κ3) is 1.50. The van der Waals surface area contributed by atoms with Crippen molar-refractivity contribution in [3.63, 3.8) is 0 Å². The van der Waals surface area contributed by atoms with Crippen molar-refractivity contribution < 1.29 is 22.8 Å². The van der Waals surface area contributed by atoms with Crippen LogP contribution >= 0.6 is 0 Å². The van der Waals surface area contributed by atoms with Crippen LogP contribution in [0, 0.1) is 5.92 Å². The van der Waals surface area contributed by atoms with Gasteiger partial charge in [-0.3, -0.25) is 14.9 Å². The summed E-state index contributed by atoms with van der Waals surface area (Å²) in [6.45, 7) is 0. The van der Waals surface area contributed by atoms with E-state index in [4.69, 9.17) is 0 Å². The fourth-order valence-electron chi connectivity index (χ4n) is 0.818. The van der Waals surface area contributed by atoms with Gasteiger partial charge in [0.1, 0.15) is 5.92 Å². The number of carbonyl (C=O) groups excluding carboxylic acids is 2. The van der Waals surface area contributed by atoms with Gasteiger partial charge in [0, 0.05) is 6.42 Å². The first-order chi connectivity index (χ1) is 4.91. The van der Waals surface area contributed by atoms with E-state index in [1.54, 1.807) is 5.32 Å². The lowest BCUT2D eigenvalue weighted by Gasteiger charge is -2.09. The van der Waals surface area contributed by atoms with Crippen molar-refractivity contribution in [2.45, 2.75) is 12.6 Å². The van der Waals surface area contributed by atoms with Crippen molar-refractivity contribution in [1.29, 1.82) is 0 Å². The highest BCUT2D eigenvalue weighted by Gasteiger charge is 2.49. The smallest absolute Gasteiger partial charge is 0.296 e. The van der Waals surface area contributed by atoms with Crippen LogP contribution in [0.2, 0.25) is 0 Å². The van der Waals surface area contributed by atoms with Crippen LogP contribution < -0.4 is 5.32 Å². The van der Waals surface area contributed by atoms with Crippen LogP contribution in [0.15, 0.2) is 0 Å². The number of alkyl halides is 3. The van der Waals surface area contributed by atoms with Gasteiger partial charge in [-0.25, -0.2) is 0 Å². The Bertz CT molecular complexity index is 210. The van der Waals surface area contributed by atoms with Gasteiger partial charge in [0.05, 0.1) is 0 Å². The Morgan fingerprint density at radius 3 is 2.09 bits per heavy atom. The lowest BCUT2D eigenvalue weighted by Crippen LogP contribution is -2.30. The van der Waals surface area contributed by atoms with Gasteiger partial charge >= 0.3 is 6.18 Å². The summed E-state index contributed by atoms with van der Waals surface area (Å²) in [5.74, 6) is -4.25. The van der Waals surface area contributed by atoms with Crippen molar-refractivity contribution in [1.82, 2.24) is 5.32 Å². The number of hydrogen-bond donors (Lipinski definition) is 1. The summed E-state index contributed by atoms with van der Waals surface area (Å²) in [4.78, 5) is 20.7. The number of carbonyl (C=O) groups is 2. The second-order valence-corrected chi connectivity index (χ2v) is 2.21. The predicted molar refractivity (Wildman–Crippen MR) is 27.3 cm³/mol. The summed E-state index contributed by atoms with van der Waals surface area (Å²) in [5, 5.41) is 1.58. The second kappa shape index (κ2) is 2.21. The standard InChI is InChI=1S/C5H4F3NO2/c6-5(7,8)2-1-3(10)9-4(2)11/h2H,1H2,(H,9,10,11)/t2-/m1/s1. The zero-order valence-corrected chi connectivity index (χ0v) is 5.23. The SMILES string of the molecule is O=C1C[C@@H](C(F)(F)F)C(=O)N1. The zero-order chi connectivity index (χ0) is 8.65. The molecule has 1 fully saturated rings. The van der Waals surface area contributed by atoms with Crippen LogP contribution in [-0.2, 0) is 9.59 Å². The largest absolute Gasteiger partial charge is 0.401 e. The highest BCUT2D eigenvalue weighted by Crippen LogP contribution is 2.31. The molecule has 62 valence electrons. The highest BCUT2D eigenvalue weighted by molar-refractivity contribution is 6.03. The quantitative estimate of drug-likeness (QED) is 0.524. The first-order valence-electron chi connectivity index (χ1n) is 2.81. The number of nitrogens with one attached hydrogen (secondary N) is 1. The van der Waals surface area contributed by atoms with Crippen molar-refractivity contribution in [3.8, 4) is 0 Å². The highest BCUT2D eigenvalue weighted by atomic mass is 19.4. The van der Waals surface area contributed by atoms with E-state index in [-0.39, 0.29) is 0 Å². The maximum Gasteiger partial charge on any atom is 0.401 e. The number of rotatable bonds is 0. The van der Waals surface area contributed by atoms with E-state index < -0.39 is 30.3 Å². The van der Waals surface area contributed by atoms with Crippen molar-refractivity contribution in [2.24, 2.45) is 5.92 Å². The maximum atomic E-state index is 11.8. The first kappa shape index (κ1) is 8.03. The van der Waals surface area contributed by atoms with Crippen LogP contribution in [0.4, 0.5) is 13.2 Å². The molecule has 1 aliphatic rings. The molecule has 1 rings (SSSR count). The van der Waals surface area contributed by atoms with E-state index in [1.807, 2.05) is 0 Å². The van der Waals surface area contributed by atoms with Gasteiger partial charge in [-0.2, -0.15) is 13.2 Å². The Morgan fingerprint density at radius 1 is 1.36 bits per heavy atom. The topological polar surface area (TPSA) is 46.2 Å². The van der Waals surface area contributed by atoms with E-state index in [1.165, 1.54) is 0 Å². The summed E-state index contributed by atoms with van der Waals surface area (Å²) in [5.41, 5.74) is 0. The summed E-state index contributed by atoms with van der Waals surface area (Å²) >= 11 is 0. The molecule has 0 aliphatic carbocycles. The molecular formula is C5H4F3NO2. The molecule has 1 atom stereocenters. The van der Waals surface area contributed by atoms with Gasteiger partial charge in [0.25, 0.3) is 0 Å². The number of halogens is 3. The molecule has 1 heterocycles. The van der Waals surface area contributed by atoms with E-state index >= 15 is 0 Å².